The zero-order chi connectivity index (χ0) is 25.4. The number of aromatic hydroxyl groups is 1. The molecule has 3 aliphatic rings. The number of carbonyl (C=O) groups is 2. The fraction of sp³-hybridized carbons (Fsp3) is 0.400. The van der Waals surface area contributed by atoms with Crippen LogP contribution in [-0.4, -0.2) is 41.1 Å². The number of phenols is 1. The zero-order valence-electron chi connectivity index (χ0n) is 20.7. The largest absolute Gasteiger partial charge is 0.505 e. The first-order valence-electron chi connectivity index (χ1n) is 12.8. The molecule has 2 aromatic rings. The Balaban J connectivity index is 1.38. The second-order valence-corrected chi connectivity index (χ2v) is 10.1. The van der Waals surface area contributed by atoms with Crippen LogP contribution in [0.1, 0.15) is 50.7 Å². The first-order valence-corrected chi connectivity index (χ1v) is 12.8. The summed E-state index contributed by atoms with van der Waals surface area (Å²) in [5.74, 6) is -1.68. The number of hydrogen-bond acceptors (Lipinski definition) is 4. The summed E-state index contributed by atoms with van der Waals surface area (Å²) in [5.41, 5.74) is 5.13. The van der Waals surface area contributed by atoms with Gasteiger partial charge in [-0.25, -0.2) is 4.39 Å². The molecular weight excluding hydrogens is 457 g/mol. The molecule has 188 valence electrons. The Morgan fingerprint density at radius 1 is 1.14 bits per heavy atom. The van der Waals surface area contributed by atoms with Gasteiger partial charge in [0.25, 0.3) is 0 Å². The standard InChI is InChI=1S/C30H32FNO4/c1-3-13-32-29(34)22-14-18(2)27-23(28(22)30(32)35)17-36-26(27)12-10-21(20-7-5-4-6-8-20)15-19-9-11-25(33)24(31)16-19/h4-9,11,15-16,22-23,26,28,33H,3,10,12-14,17H2,1-2H3/b21-15-/t22-,23+,26-,28-/m1/s1. The second-order valence-electron chi connectivity index (χ2n) is 10.1. The molecule has 2 amide bonds. The summed E-state index contributed by atoms with van der Waals surface area (Å²) in [5, 5.41) is 9.56. The van der Waals surface area contributed by atoms with Crippen LogP contribution in [0.15, 0.2) is 59.7 Å². The molecule has 0 radical (unpaired) electrons. The van der Waals surface area contributed by atoms with Gasteiger partial charge < -0.3 is 9.84 Å². The van der Waals surface area contributed by atoms with Crippen molar-refractivity contribution in [3.8, 4) is 5.75 Å². The molecule has 2 heterocycles. The van der Waals surface area contributed by atoms with Crippen molar-refractivity contribution in [3.05, 3.63) is 76.6 Å². The Labute approximate surface area is 211 Å². The van der Waals surface area contributed by atoms with Gasteiger partial charge in [0.05, 0.1) is 24.5 Å². The molecule has 0 unspecified atom stereocenters. The smallest absolute Gasteiger partial charge is 0.233 e. The number of fused-ring (bicyclic) bond motifs is 3. The molecule has 4 atom stereocenters. The molecule has 2 fully saturated rings. The number of imide groups is 1. The number of nitrogens with zero attached hydrogens (tertiary/aromatic N) is 1. The topological polar surface area (TPSA) is 66.8 Å². The summed E-state index contributed by atoms with van der Waals surface area (Å²) in [6, 6.07) is 14.4. The van der Waals surface area contributed by atoms with Gasteiger partial charge in [-0.3, -0.25) is 14.5 Å². The van der Waals surface area contributed by atoms with Crippen LogP contribution in [0.5, 0.6) is 5.75 Å². The number of phenolic OH excluding ortho intramolecular Hbond substituents is 1. The van der Waals surface area contributed by atoms with Crippen LogP contribution in [0, 0.1) is 23.6 Å². The van der Waals surface area contributed by atoms with Gasteiger partial charge in [-0.15, -0.1) is 0 Å². The molecule has 0 saturated carbocycles. The Kier molecular flexibility index (Phi) is 6.80. The molecule has 2 saturated heterocycles. The van der Waals surface area contributed by atoms with E-state index in [2.05, 4.69) is 6.92 Å². The molecule has 1 N–H and O–H groups in total. The van der Waals surface area contributed by atoms with Gasteiger partial charge in [-0.2, -0.15) is 0 Å². The molecule has 5 nitrogen and oxygen atoms in total. The minimum absolute atomic E-state index is 0.0240. The molecule has 0 aromatic heterocycles. The van der Waals surface area contributed by atoms with Crippen LogP contribution in [0.4, 0.5) is 4.39 Å². The number of carbonyl (C=O) groups excluding carboxylic acids is 2. The van der Waals surface area contributed by atoms with Gasteiger partial charge in [0.2, 0.25) is 11.8 Å². The summed E-state index contributed by atoms with van der Waals surface area (Å²) >= 11 is 0. The van der Waals surface area contributed by atoms with Crippen LogP contribution < -0.4 is 0 Å². The Hall–Kier alpha value is -3.25. The van der Waals surface area contributed by atoms with Crippen LogP contribution in [0.2, 0.25) is 0 Å². The second kappa shape index (κ2) is 10.0. The lowest BCUT2D eigenvalue weighted by molar-refractivity contribution is -0.140. The third-order valence-corrected chi connectivity index (χ3v) is 7.82. The molecule has 2 aliphatic heterocycles. The number of allylic oxidation sites excluding steroid dienone is 2. The predicted molar refractivity (Wildman–Crippen MR) is 136 cm³/mol. The van der Waals surface area contributed by atoms with E-state index in [1.165, 1.54) is 28.2 Å². The highest BCUT2D eigenvalue weighted by atomic mass is 19.1. The van der Waals surface area contributed by atoms with Crippen molar-refractivity contribution in [2.45, 2.75) is 45.6 Å². The van der Waals surface area contributed by atoms with Gasteiger partial charge in [0, 0.05) is 12.5 Å². The molecule has 6 heteroatoms. The van der Waals surface area contributed by atoms with Crippen LogP contribution in [-0.2, 0) is 14.3 Å². The zero-order valence-corrected chi connectivity index (χ0v) is 20.7. The highest BCUT2D eigenvalue weighted by Gasteiger charge is 2.56. The maximum Gasteiger partial charge on any atom is 0.233 e. The average molecular weight is 490 g/mol. The fourth-order valence-corrected chi connectivity index (χ4v) is 6.19. The average Bonchev–Trinajstić information content (AvgIpc) is 3.40. The van der Waals surface area contributed by atoms with Crippen LogP contribution >= 0.6 is 0 Å². The van der Waals surface area contributed by atoms with Crippen molar-refractivity contribution < 1.29 is 23.8 Å². The van der Waals surface area contributed by atoms with E-state index in [0.717, 1.165) is 24.0 Å². The first kappa shape index (κ1) is 24.4. The van der Waals surface area contributed by atoms with Gasteiger partial charge in [0.1, 0.15) is 0 Å². The number of halogens is 1. The molecule has 1 aliphatic carbocycles. The van der Waals surface area contributed by atoms with Crippen LogP contribution in [0.3, 0.4) is 0 Å². The van der Waals surface area contributed by atoms with E-state index in [0.29, 0.717) is 31.6 Å². The highest BCUT2D eigenvalue weighted by Crippen LogP contribution is 2.49. The lowest BCUT2D eigenvalue weighted by atomic mass is 9.70. The molecule has 0 spiro atoms. The van der Waals surface area contributed by atoms with Crippen molar-refractivity contribution in [1.29, 1.82) is 0 Å². The number of benzene rings is 2. The van der Waals surface area contributed by atoms with Crippen molar-refractivity contribution in [2.75, 3.05) is 13.2 Å². The van der Waals surface area contributed by atoms with Crippen molar-refractivity contribution in [3.63, 3.8) is 0 Å². The van der Waals surface area contributed by atoms with Gasteiger partial charge in [-0.1, -0.05) is 55.0 Å². The number of ether oxygens (including phenoxy) is 1. The quantitative estimate of drug-likeness (QED) is 0.312. The normalized spacial score (nSPS) is 26.0. The minimum atomic E-state index is -0.649. The van der Waals surface area contributed by atoms with Crippen molar-refractivity contribution in [1.82, 2.24) is 4.90 Å². The summed E-state index contributed by atoms with van der Waals surface area (Å²) < 4.78 is 20.2. The maximum absolute atomic E-state index is 14.0. The van der Waals surface area contributed by atoms with E-state index < -0.39 is 5.82 Å². The molecule has 2 aromatic carbocycles. The number of hydrogen-bond donors (Lipinski definition) is 1. The van der Waals surface area contributed by atoms with E-state index in [1.54, 1.807) is 6.07 Å². The van der Waals surface area contributed by atoms with Crippen molar-refractivity contribution in [2.24, 2.45) is 17.8 Å². The molecular formula is C30H32FNO4. The third kappa shape index (κ3) is 4.39. The SMILES string of the molecule is CCCN1C(=O)[C@@H]2[C@@H](CC(C)=C3[C@@H](CC/C(=C/c4ccc(O)c(F)c4)c4ccccc4)OC[C@@H]32)C1=O. The summed E-state index contributed by atoms with van der Waals surface area (Å²) in [6.45, 7) is 5.01. The molecule has 5 rings (SSSR count). The number of amides is 2. The van der Waals surface area contributed by atoms with E-state index in [9.17, 15) is 19.1 Å². The number of likely N-dealkylation sites (tertiary alicyclic amines) is 1. The molecule has 36 heavy (non-hydrogen) atoms. The first-order chi connectivity index (χ1) is 17.4. The Morgan fingerprint density at radius 3 is 2.64 bits per heavy atom. The van der Waals surface area contributed by atoms with Gasteiger partial charge in [0.15, 0.2) is 11.6 Å². The van der Waals surface area contributed by atoms with E-state index in [4.69, 9.17) is 4.74 Å². The predicted octanol–water partition coefficient (Wildman–Crippen LogP) is 5.60. The molecule has 0 bridgehead atoms. The lowest BCUT2D eigenvalue weighted by Gasteiger charge is -2.30. The summed E-state index contributed by atoms with van der Waals surface area (Å²) in [4.78, 5) is 27.6. The van der Waals surface area contributed by atoms with Gasteiger partial charge >= 0.3 is 0 Å². The Morgan fingerprint density at radius 2 is 1.92 bits per heavy atom. The number of rotatable bonds is 7. The summed E-state index contributed by atoms with van der Waals surface area (Å²) in [7, 11) is 0. The Bertz CT molecular complexity index is 1230. The van der Waals surface area contributed by atoms with E-state index in [1.807, 2.05) is 43.3 Å². The van der Waals surface area contributed by atoms with Gasteiger partial charge in [-0.05, 0) is 67.0 Å². The monoisotopic (exact) mass is 489 g/mol. The minimum Gasteiger partial charge on any atom is -0.505 e. The third-order valence-electron chi connectivity index (χ3n) is 7.82. The summed E-state index contributed by atoms with van der Waals surface area (Å²) in [6.07, 6.45) is 4.65. The highest BCUT2D eigenvalue weighted by molar-refractivity contribution is 6.05. The lowest BCUT2D eigenvalue weighted by Crippen LogP contribution is -2.34. The van der Waals surface area contributed by atoms with Crippen molar-refractivity contribution >= 4 is 23.5 Å². The van der Waals surface area contributed by atoms with E-state index in [-0.39, 0.29) is 41.4 Å². The van der Waals surface area contributed by atoms with E-state index >= 15 is 0 Å². The fourth-order valence-electron chi connectivity index (χ4n) is 6.19. The van der Waals surface area contributed by atoms with Crippen LogP contribution in [0.25, 0.3) is 11.6 Å². The maximum atomic E-state index is 14.0.